The van der Waals surface area contributed by atoms with Crippen molar-refractivity contribution >= 4 is 27.9 Å². The van der Waals surface area contributed by atoms with Gasteiger partial charge in [-0.2, -0.15) is 0 Å². The van der Waals surface area contributed by atoms with Gasteiger partial charge in [-0.15, -0.1) is 6.58 Å². The Kier molecular flexibility index (Phi) is 6.97. The number of benzene rings is 1. The summed E-state index contributed by atoms with van der Waals surface area (Å²) < 4.78 is 0.983. The average molecular weight is 340 g/mol. The van der Waals surface area contributed by atoms with Crippen LogP contribution >= 0.6 is 15.9 Å². The number of imide groups is 1. The van der Waals surface area contributed by atoms with Crippen LogP contribution in [0.5, 0.6) is 0 Å². The van der Waals surface area contributed by atoms with Crippen molar-refractivity contribution in [2.45, 2.75) is 13.0 Å². The van der Waals surface area contributed by atoms with Crippen molar-refractivity contribution in [3.8, 4) is 0 Å². The lowest BCUT2D eigenvalue weighted by Crippen LogP contribution is -2.43. The Hall–Kier alpha value is -1.66. The first-order valence-electron chi connectivity index (χ1n) is 6.20. The number of amides is 3. The molecule has 0 radical (unpaired) electrons. The van der Waals surface area contributed by atoms with E-state index < -0.39 is 6.03 Å². The van der Waals surface area contributed by atoms with Crippen molar-refractivity contribution in [2.75, 3.05) is 13.1 Å². The molecule has 3 N–H and O–H groups in total. The minimum atomic E-state index is -0.521. The molecule has 1 atom stereocenters. The molecule has 1 aromatic rings. The molecule has 0 heterocycles. The largest absolute Gasteiger partial charge is 0.334 e. The first-order valence-corrected chi connectivity index (χ1v) is 6.99. The van der Waals surface area contributed by atoms with Gasteiger partial charge in [0.15, 0.2) is 0 Å². The van der Waals surface area contributed by atoms with E-state index in [1.54, 1.807) is 0 Å². The molecule has 0 fully saturated rings. The van der Waals surface area contributed by atoms with E-state index >= 15 is 0 Å². The molecular weight excluding hydrogens is 322 g/mol. The Labute approximate surface area is 127 Å². The van der Waals surface area contributed by atoms with Crippen LogP contribution in [0.1, 0.15) is 18.5 Å². The fourth-order valence-electron chi connectivity index (χ4n) is 1.52. The van der Waals surface area contributed by atoms with Gasteiger partial charge in [0, 0.05) is 17.1 Å². The standard InChI is InChI=1S/C14H18BrN3O2/c1-3-7-16-14(20)18-13(19)9-17-10(2)11-5-4-6-12(15)8-11/h3-6,8,10,17H,1,7,9H2,2H3,(H2,16,18,19,20)/t10-/m1/s1. The van der Waals surface area contributed by atoms with Gasteiger partial charge < -0.3 is 10.6 Å². The summed E-state index contributed by atoms with van der Waals surface area (Å²) >= 11 is 3.40. The minimum absolute atomic E-state index is 0.00878. The first kappa shape index (κ1) is 16.4. The fourth-order valence-corrected chi connectivity index (χ4v) is 1.94. The molecule has 0 aliphatic carbocycles. The summed E-state index contributed by atoms with van der Waals surface area (Å²) in [7, 11) is 0. The van der Waals surface area contributed by atoms with Crippen molar-refractivity contribution in [3.05, 3.63) is 47.0 Å². The van der Waals surface area contributed by atoms with E-state index in [2.05, 4.69) is 38.5 Å². The normalized spacial score (nSPS) is 11.5. The van der Waals surface area contributed by atoms with Crippen molar-refractivity contribution in [2.24, 2.45) is 0 Å². The zero-order valence-corrected chi connectivity index (χ0v) is 12.9. The second-order valence-corrected chi connectivity index (χ2v) is 5.12. The highest BCUT2D eigenvalue weighted by molar-refractivity contribution is 9.10. The SMILES string of the molecule is C=CCNC(=O)NC(=O)CN[C@H](C)c1cccc(Br)c1. The Morgan fingerprint density at radius 1 is 1.45 bits per heavy atom. The molecule has 0 spiro atoms. The quantitative estimate of drug-likeness (QED) is 0.695. The minimum Gasteiger partial charge on any atom is -0.334 e. The van der Waals surface area contributed by atoms with Crippen LogP contribution in [0, 0.1) is 0 Å². The summed E-state index contributed by atoms with van der Waals surface area (Å²) in [6.07, 6.45) is 1.54. The van der Waals surface area contributed by atoms with E-state index in [4.69, 9.17) is 0 Å². The average Bonchev–Trinajstić information content (AvgIpc) is 2.42. The van der Waals surface area contributed by atoms with Crippen LogP contribution in [0.25, 0.3) is 0 Å². The fraction of sp³-hybridized carbons (Fsp3) is 0.286. The van der Waals surface area contributed by atoms with Gasteiger partial charge in [0.2, 0.25) is 5.91 Å². The lowest BCUT2D eigenvalue weighted by molar-refractivity contribution is -0.119. The van der Waals surface area contributed by atoms with Gasteiger partial charge in [-0.3, -0.25) is 10.1 Å². The molecule has 6 heteroatoms. The number of hydrogen-bond acceptors (Lipinski definition) is 3. The van der Waals surface area contributed by atoms with Crippen LogP contribution < -0.4 is 16.0 Å². The predicted molar refractivity (Wildman–Crippen MR) is 82.3 cm³/mol. The molecule has 0 saturated carbocycles. The lowest BCUT2D eigenvalue weighted by Gasteiger charge is -2.14. The third-order valence-electron chi connectivity index (χ3n) is 2.58. The Morgan fingerprint density at radius 2 is 2.20 bits per heavy atom. The second kappa shape index (κ2) is 8.50. The summed E-state index contributed by atoms with van der Waals surface area (Å²) in [5.74, 6) is -0.381. The van der Waals surface area contributed by atoms with Crippen molar-refractivity contribution in [3.63, 3.8) is 0 Å². The Bertz CT molecular complexity index is 491. The number of carbonyl (C=O) groups is 2. The maximum Gasteiger partial charge on any atom is 0.321 e. The molecule has 1 rings (SSSR count). The highest BCUT2D eigenvalue weighted by Gasteiger charge is 2.10. The number of urea groups is 1. The van der Waals surface area contributed by atoms with Crippen LogP contribution in [0.3, 0.4) is 0 Å². The van der Waals surface area contributed by atoms with Gasteiger partial charge in [-0.05, 0) is 24.6 Å². The number of carbonyl (C=O) groups excluding carboxylic acids is 2. The van der Waals surface area contributed by atoms with Crippen LogP contribution in [-0.2, 0) is 4.79 Å². The highest BCUT2D eigenvalue weighted by atomic mass is 79.9. The number of rotatable bonds is 6. The van der Waals surface area contributed by atoms with Crippen molar-refractivity contribution in [1.82, 2.24) is 16.0 Å². The van der Waals surface area contributed by atoms with Crippen LogP contribution in [0.4, 0.5) is 4.79 Å². The lowest BCUT2D eigenvalue weighted by atomic mass is 10.1. The predicted octanol–water partition coefficient (Wildman–Crippen LogP) is 2.11. The van der Waals surface area contributed by atoms with Gasteiger partial charge in [0.05, 0.1) is 6.54 Å². The number of halogens is 1. The van der Waals surface area contributed by atoms with Gasteiger partial charge in [-0.1, -0.05) is 34.1 Å². The summed E-state index contributed by atoms with van der Waals surface area (Å²) in [5, 5.41) is 7.75. The molecule has 0 saturated heterocycles. The zero-order valence-electron chi connectivity index (χ0n) is 11.3. The smallest absolute Gasteiger partial charge is 0.321 e. The molecule has 0 aliphatic heterocycles. The number of hydrogen-bond donors (Lipinski definition) is 3. The first-order chi connectivity index (χ1) is 9.52. The van der Waals surface area contributed by atoms with Gasteiger partial charge in [0.1, 0.15) is 0 Å². The van der Waals surface area contributed by atoms with Crippen molar-refractivity contribution in [1.29, 1.82) is 0 Å². The maximum absolute atomic E-state index is 11.5. The van der Waals surface area contributed by atoms with E-state index in [1.165, 1.54) is 6.08 Å². The van der Waals surface area contributed by atoms with Gasteiger partial charge >= 0.3 is 6.03 Å². The molecule has 5 nitrogen and oxygen atoms in total. The maximum atomic E-state index is 11.5. The zero-order chi connectivity index (χ0) is 15.0. The topological polar surface area (TPSA) is 70.2 Å². The highest BCUT2D eigenvalue weighted by Crippen LogP contribution is 2.17. The summed E-state index contributed by atoms with van der Waals surface area (Å²) in [6, 6.07) is 7.30. The van der Waals surface area contributed by atoms with E-state index in [0.717, 1.165) is 10.0 Å². The molecule has 3 amide bonds. The summed E-state index contributed by atoms with van der Waals surface area (Å²) in [4.78, 5) is 22.8. The molecular formula is C14H18BrN3O2. The van der Waals surface area contributed by atoms with E-state index in [1.807, 2.05) is 31.2 Å². The number of nitrogens with one attached hydrogen (secondary N) is 3. The molecule has 0 aromatic heterocycles. The molecule has 0 unspecified atom stereocenters. The van der Waals surface area contributed by atoms with Crippen molar-refractivity contribution < 1.29 is 9.59 Å². The third kappa shape index (κ3) is 5.99. The molecule has 20 heavy (non-hydrogen) atoms. The monoisotopic (exact) mass is 339 g/mol. The third-order valence-corrected chi connectivity index (χ3v) is 3.07. The Morgan fingerprint density at radius 3 is 2.85 bits per heavy atom. The Balaban J connectivity index is 2.37. The van der Waals surface area contributed by atoms with E-state index in [-0.39, 0.29) is 18.5 Å². The summed E-state index contributed by atoms with van der Waals surface area (Å²) in [5.41, 5.74) is 1.06. The molecule has 108 valence electrons. The van der Waals surface area contributed by atoms with E-state index in [9.17, 15) is 9.59 Å². The van der Waals surface area contributed by atoms with Crippen LogP contribution in [-0.4, -0.2) is 25.0 Å². The van der Waals surface area contributed by atoms with E-state index in [0.29, 0.717) is 6.54 Å². The van der Waals surface area contributed by atoms with Gasteiger partial charge in [0.25, 0.3) is 0 Å². The molecule has 0 aliphatic rings. The second-order valence-electron chi connectivity index (χ2n) is 4.20. The molecule has 1 aromatic carbocycles. The molecule has 0 bridgehead atoms. The van der Waals surface area contributed by atoms with Gasteiger partial charge in [-0.25, -0.2) is 4.79 Å². The van der Waals surface area contributed by atoms with Crippen LogP contribution in [0.2, 0.25) is 0 Å². The summed E-state index contributed by atoms with van der Waals surface area (Å²) in [6.45, 7) is 5.80. The van der Waals surface area contributed by atoms with Crippen LogP contribution in [0.15, 0.2) is 41.4 Å².